The van der Waals surface area contributed by atoms with Gasteiger partial charge < -0.3 is 5.32 Å². The number of halogens is 2. The molecular weight excluding hydrogens is 328 g/mol. The van der Waals surface area contributed by atoms with Gasteiger partial charge in [0.1, 0.15) is 4.90 Å². The van der Waals surface area contributed by atoms with Crippen molar-refractivity contribution in [3.63, 3.8) is 0 Å². The van der Waals surface area contributed by atoms with E-state index in [4.69, 9.17) is 11.6 Å². The lowest BCUT2D eigenvalue weighted by Crippen LogP contribution is -2.33. The number of hydrogen-bond acceptors (Lipinski definition) is 3. The van der Waals surface area contributed by atoms with Gasteiger partial charge >= 0.3 is 0 Å². The molecule has 96 valence electrons. The van der Waals surface area contributed by atoms with E-state index in [9.17, 15) is 8.42 Å². The van der Waals surface area contributed by atoms with Crippen LogP contribution in [0.3, 0.4) is 0 Å². The summed E-state index contributed by atoms with van der Waals surface area (Å²) in [6.07, 6.45) is 0. The summed E-state index contributed by atoms with van der Waals surface area (Å²) in [5, 5.41) is 3.11. The lowest BCUT2D eigenvalue weighted by atomic mass is 10.4. The number of likely N-dealkylation sites (N-methyl/N-ethyl adjacent to an activating group) is 2. The molecule has 0 heterocycles. The summed E-state index contributed by atoms with van der Waals surface area (Å²) in [4.78, 5) is 0.118. The zero-order valence-electron chi connectivity index (χ0n) is 9.57. The standard InChI is InChI=1S/C10H14BrClN2O2S/c1-13-6-7-14(2)17(15,16)9-5-3-4-8(11)10(9)12/h3-5,13H,6-7H2,1-2H3. The summed E-state index contributed by atoms with van der Waals surface area (Å²) in [6.45, 7) is 0.975. The summed E-state index contributed by atoms with van der Waals surface area (Å²) in [5.41, 5.74) is 0. The minimum absolute atomic E-state index is 0.118. The fourth-order valence-electron chi connectivity index (χ4n) is 1.24. The van der Waals surface area contributed by atoms with Crippen LogP contribution in [0.2, 0.25) is 5.02 Å². The van der Waals surface area contributed by atoms with Crippen molar-refractivity contribution in [1.29, 1.82) is 0 Å². The van der Waals surface area contributed by atoms with E-state index < -0.39 is 10.0 Å². The van der Waals surface area contributed by atoms with Crippen LogP contribution in [0, 0.1) is 0 Å². The molecule has 0 fully saturated rings. The summed E-state index contributed by atoms with van der Waals surface area (Å²) in [5.74, 6) is 0. The smallest absolute Gasteiger partial charge is 0.244 e. The molecule has 0 aromatic heterocycles. The maximum atomic E-state index is 12.2. The van der Waals surface area contributed by atoms with Crippen molar-refractivity contribution < 1.29 is 8.42 Å². The lowest BCUT2D eigenvalue weighted by Gasteiger charge is -2.18. The minimum Gasteiger partial charge on any atom is -0.318 e. The highest BCUT2D eigenvalue weighted by atomic mass is 79.9. The van der Waals surface area contributed by atoms with Gasteiger partial charge in [0.2, 0.25) is 10.0 Å². The van der Waals surface area contributed by atoms with E-state index in [1.54, 1.807) is 19.2 Å². The Morgan fingerprint density at radius 1 is 1.47 bits per heavy atom. The topological polar surface area (TPSA) is 49.4 Å². The quantitative estimate of drug-likeness (QED) is 0.890. The summed E-state index contributed by atoms with van der Waals surface area (Å²) < 4.78 is 26.3. The summed E-state index contributed by atoms with van der Waals surface area (Å²) >= 11 is 9.20. The largest absolute Gasteiger partial charge is 0.318 e. The number of rotatable bonds is 5. The van der Waals surface area contributed by atoms with Gasteiger partial charge in [-0.3, -0.25) is 0 Å². The fraction of sp³-hybridized carbons (Fsp3) is 0.400. The average Bonchev–Trinajstić information content (AvgIpc) is 2.29. The van der Waals surface area contributed by atoms with E-state index in [0.717, 1.165) is 0 Å². The second-order valence-electron chi connectivity index (χ2n) is 3.48. The third-order valence-corrected chi connectivity index (χ3v) is 5.59. The predicted octanol–water partition coefficient (Wildman–Crippen LogP) is 1.94. The SMILES string of the molecule is CNCCN(C)S(=O)(=O)c1cccc(Br)c1Cl. The van der Waals surface area contributed by atoms with Crippen LogP contribution in [0.1, 0.15) is 0 Å². The second-order valence-corrected chi connectivity index (χ2v) is 6.73. The first-order chi connectivity index (χ1) is 7.91. The van der Waals surface area contributed by atoms with Crippen LogP contribution in [0.15, 0.2) is 27.6 Å². The molecule has 17 heavy (non-hydrogen) atoms. The highest BCUT2D eigenvalue weighted by molar-refractivity contribution is 9.10. The zero-order valence-corrected chi connectivity index (χ0v) is 12.7. The molecule has 7 heteroatoms. The average molecular weight is 342 g/mol. The van der Waals surface area contributed by atoms with Gasteiger partial charge in [0.15, 0.2) is 0 Å². The normalized spacial score (nSPS) is 12.1. The summed E-state index contributed by atoms with van der Waals surface area (Å²) in [7, 11) is -0.231. The number of nitrogens with one attached hydrogen (secondary N) is 1. The Kier molecular flexibility index (Phi) is 5.40. The van der Waals surface area contributed by atoms with E-state index in [0.29, 0.717) is 17.6 Å². The van der Waals surface area contributed by atoms with Crippen molar-refractivity contribution in [3.05, 3.63) is 27.7 Å². The highest BCUT2D eigenvalue weighted by Gasteiger charge is 2.23. The Hall–Kier alpha value is -0.140. The Morgan fingerprint density at radius 3 is 2.71 bits per heavy atom. The lowest BCUT2D eigenvalue weighted by molar-refractivity contribution is 0.466. The second kappa shape index (κ2) is 6.15. The van der Waals surface area contributed by atoms with Crippen molar-refractivity contribution in [2.24, 2.45) is 0 Å². The number of sulfonamides is 1. The Morgan fingerprint density at radius 2 is 2.12 bits per heavy atom. The first-order valence-corrected chi connectivity index (χ1v) is 7.57. The molecule has 1 N–H and O–H groups in total. The van der Waals surface area contributed by atoms with E-state index in [1.807, 2.05) is 0 Å². The Balaban J connectivity index is 3.09. The monoisotopic (exact) mass is 340 g/mol. The van der Waals surface area contributed by atoms with Crippen molar-refractivity contribution in [1.82, 2.24) is 9.62 Å². The Bertz CT molecular complexity index is 493. The molecule has 4 nitrogen and oxygen atoms in total. The van der Waals surface area contributed by atoms with E-state index >= 15 is 0 Å². The van der Waals surface area contributed by atoms with Crippen molar-refractivity contribution >= 4 is 37.6 Å². The molecule has 0 bridgehead atoms. The van der Waals surface area contributed by atoms with Crippen molar-refractivity contribution in [3.8, 4) is 0 Å². The van der Waals surface area contributed by atoms with E-state index in [1.165, 1.54) is 17.4 Å². The van der Waals surface area contributed by atoms with Crippen LogP contribution in [-0.2, 0) is 10.0 Å². The van der Waals surface area contributed by atoms with Gasteiger partial charge in [0.25, 0.3) is 0 Å². The van der Waals surface area contributed by atoms with Gasteiger partial charge in [-0.25, -0.2) is 8.42 Å². The highest BCUT2D eigenvalue weighted by Crippen LogP contribution is 2.30. The van der Waals surface area contributed by atoms with Crippen LogP contribution in [-0.4, -0.2) is 39.9 Å². The zero-order chi connectivity index (χ0) is 13.1. The predicted molar refractivity (Wildman–Crippen MR) is 72.9 cm³/mol. The van der Waals surface area contributed by atoms with Crippen LogP contribution in [0.25, 0.3) is 0 Å². The van der Waals surface area contributed by atoms with Crippen LogP contribution in [0.4, 0.5) is 0 Å². The molecule has 0 amide bonds. The first-order valence-electron chi connectivity index (χ1n) is 4.96. The molecular formula is C10H14BrClN2O2S. The van der Waals surface area contributed by atoms with Crippen LogP contribution in [0.5, 0.6) is 0 Å². The van der Waals surface area contributed by atoms with Gasteiger partial charge in [0.05, 0.1) is 5.02 Å². The summed E-state index contributed by atoms with van der Waals surface area (Å²) in [6, 6.07) is 4.85. The first kappa shape index (κ1) is 14.9. The van der Waals surface area contributed by atoms with Crippen LogP contribution < -0.4 is 5.32 Å². The molecule has 0 aliphatic heterocycles. The van der Waals surface area contributed by atoms with Crippen molar-refractivity contribution in [2.45, 2.75) is 4.90 Å². The third-order valence-electron chi connectivity index (χ3n) is 2.28. The van der Waals surface area contributed by atoms with E-state index in [-0.39, 0.29) is 9.92 Å². The molecule has 0 radical (unpaired) electrons. The molecule has 0 aliphatic carbocycles. The molecule has 0 spiro atoms. The Labute approximate surface area is 115 Å². The minimum atomic E-state index is -3.53. The van der Waals surface area contributed by atoms with E-state index in [2.05, 4.69) is 21.2 Å². The number of benzene rings is 1. The molecule has 1 aromatic carbocycles. The number of hydrogen-bond donors (Lipinski definition) is 1. The fourth-order valence-corrected chi connectivity index (χ4v) is 3.41. The molecule has 0 unspecified atom stereocenters. The van der Waals surface area contributed by atoms with Gasteiger partial charge in [-0.1, -0.05) is 17.7 Å². The van der Waals surface area contributed by atoms with Gasteiger partial charge in [-0.2, -0.15) is 4.31 Å². The molecule has 0 aliphatic rings. The molecule has 0 saturated heterocycles. The maximum Gasteiger partial charge on any atom is 0.244 e. The van der Waals surface area contributed by atoms with Gasteiger partial charge in [0, 0.05) is 24.6 Å². The van der Waals surface area contributed by atoms with Crippen molar-refractivity contribution in [2.75, 3.05) is 27.2 Å². The van der Waals surface area contributed by atoms with Crippen LogP contribution >= 0.6 is 27.5 Å². The van der Waals surface area contributed by atoms with Gasteiger partial charge in [-0.15, -0.1) is 0 Å². The molecule has 1 aromatic rings. The molecule has 0 atom stereocenters. The third kappa shape index (κ3) is 3.42. The maximum absolute atomic E-state index is 12.2. The van der Waals surface area contributed by atoms with Gasteiger partial charge in [-0.05, 0) is 35.1 Å². The molecule has 0 saturated carbocycles. The molecule has 1 rings (SSSR count). The number of nitrogens with zero attached hydrogens (tertiary/aromatic N) is 1.